The molecule has 2 heterocycles. The van der Waals surface area contributed by atoms with Crippen LogP contribution in [0.3, 0.4) is 0 Å². The smallest absolute Gasteiger partial charge is 0.203 e. The number of hydrogen-bond donors (Lipinski definition) is 1. The van der Waals surface area contributed by atoms with Gasteiger partial charge in [0, 0.05) is 32.6 Å². The second kappa shape index (κ2) is 7.04. The zero-order valence-corrected chi connectivity index (χ0v) is 12.3. The van der Waals surface area contributed by atoms with Gasteiger partial charge in [-0.05, 0) is 20.3 Å². The first-order chi connectivity index (χ1) is 9.70. The van der Waals surface area contributed by atoms with E-state index in [1.54, 1.807) is 13.3 Å². The molecule has 2 rings (SSSR count). The average Bonchev–Trinajstić information content (AvgIpc) is 3.04. The minimum absolute atomic E-state index is 0.263. The first kappa shape index (κ1) is 14.5. The Bertz CT molecular complexity index is 507. The molecule has 7 heteroatoms. The van der Waals surface area contributed by atoms with E-state index >= 15 is 0 Å². The number of aromatic nitrogens is 5. The van der Waals surface area contributed by atoms with Gasteiger partial charge in [0.1, 0.15) is 0 Å². The highest BCUT2D eigenvalue weighted by Crippen LogP contribution is 2.16. The van der Waals surface area contributed by atoms with Gasteiger partial charge in [0.05, 0.1) is 24.5 Å². The van der Waals surface area contributed by atoms with Gasteiger partial charge >= 0.3 is 0 Å². The lowest BCUT2D eigenvalue weighted by molar-refractivity contribution is 0.163. The molecule has 0 saturated carbocycles. The van der Waals surface area contributed by atoms with Crippen LogP contribution < -0.4 is 5.32 Å². The van der Waals surface area contributed by atoms with E-state index < -0.39 is 0 Å². The van der Waals surface area contributed by atoms with Gasteiger partial charge in [0.2, 0.25) is 5.95 Å². The van der Waals surface area contributed by atoms with Gasteiger partial charge in [-0.1, -0.05) is 5.21 Å². The number of methoxy groups -OCH3 is 1. The molecule has 110 valence electrons. The van der Waals surface area contributed by atoms with Gasteiger partial charge in [-0.25, -0.2) is 4.98 Å². The lowest BCUT2D eigenvalue weighted by Gasteiger charge is -2.16. The molecule has 2 aromatic heterocycles. The van der Waals surface area contributed by atoms with Crippen molar-refractivity contribution in [3.8, 4) is 0 Å². The van der Waals surface area contributed by atoms with Crippen molar-refractivity contribution in [2.75, 3.05) is 25.6 Å². The average molecular weight is 278 g/mol. The summed E-state index contributed by atoms with van der Waals surface area (Å²) in [4.78, 5) is 4.51. The maximum Gasteiger partial charge on any atom is 0.203 e. The van der Waals surface area contributed by atoms with E-state index in [1.165, 1.54) is 0 Å². The summed E-state index contributed by atoms with van der Waals surface area (Å²) < 4.78 is 9.15. The number of hydrogen-bond acceptors (Lipinski definition) is 5. The predicted octanol–water partition coefficient (Wildman–Crippen LogP) is 1.49. The maximum atomic E-state index is 5.20. The third-order valence-electron chi connectivity index (χ3n) is 3.05. The highest BCUT2D eigenvalue weighted by atomic mass is 16.5. The van der Waals surface area contributed by atoms with Crippen molar-refractivity contribution in [3.05, 3.63) is 24.3 Å². The normalized spacial score (nSPS) is 12.6. The van der Waals surface area contributed by atoms with Crippen LogP contribution in [0.1, 0.15) is 25.1 Å². The Morgan fingerprint density at radius 1 is 1.45 bits per heavy atom. The second-order valence-corrected chi connectivity index (χ2v) is 4.86. The number of imidazole rings is 1. The van der Waals surface area contributed by atoms with Crippen LogP contribution in [0.25, 0.3) is 0 Å². The van der Waals surface area contributed by atoms with E-state index in [-0.39, 0.29) is 6.04 Å². The fraction of sp³-hybridized carbons (Fsp3) is 0.615. The van der Waals surface area contributed by atoms with Crippen molar-refractivity contribution in [2.45, 2.75) is 32.9 Å². The maximum absolute atomic E-state index is 5.20. The molecule has 0 saturated heterocycles. The molecule has 0 fully saturated rings. The molecule has 0 spiro atoms. The van der Waals surface area contributed by atoms with Crippen LogP contribution in [-0.4, -0.2) is 44.8 Å². The SMILES string of the molecule is COCC(C)n1cc(C)nc1NCCCn1ccnn1. The Hall–Kier alpha value is -1.89. The molecule has 0 bridgehead atoms. The van der Waals surface area contributed by atoms with E-state index in [0.29, 0.717) is 6.61 Å². The molecule has 2 aromatic rings. The molecule has 1 unspecified atom stereocenters. The summed E-state index contributed by atoms with van der Waals surface area (Å²) in [6, 6.07) is 0.263. The molecule has 0 amide bonds. The van der Waals surface area contributed by atoms with E-state index in [0.717, 1.165) is 31.2 Å². The molecule has 0 radical (unpaired) electrons. The molecule has 0 aliphatic rings. The molecule has 0 aliphatic carbocycles. The predicted molar refractivity (Wildman–Crippen MR) is 76.7 cm³/mol. The molecule has 7 nitrogen and oxygen atoms in total. The number of ether oxygens (including phenoxy) is 1. The number of aryl methyl sites for hydroxylation is 2. The van der Waals surface area contributed by atoms with Crippen molar-refractivity contribution in [2.24, 2.45) is 0 Å². The molecule has 1 atom stereocenters. The van der Waals surface area contributed by atoms with Crippen molar-refractivity contribution in [1.82, 2.24) is 24.5 Å². The van der Waals surface area contributed by atoms with Gasteiger partial charge in [-0.15, -0.1) is 5.10 Å². The Morgan fingerprint density at radius 3 is 3.00 bits per heavy atom. The quantitative estimate of drug-likeness (QED) is 0.741. The number of anilines is 1. The van der Waals surface area contributed by atoms with Crippen LogP contribution in [0.15, 0.2) is 18.6 Å². The third kappa shape index (κ3) is 3.80. The van der Waals surface area contributed by atoms with Gasteiger partial charge in [0.25, 0.3) is 0 Å². The van der Waals surface area contributed by atoms with Gasteiger partial charge in [-0.3, -0.25) is 4.68 Å². The standard InChI is InChI=1S/C13H22N6O/c1-11-9-19(12(2)10-20-3)13(16-11)14-5-4-7-18-8-6-15-17-18/h6,8-9,12H,4-5,7,10H2,1-3H3,(H,14,16). The lowest BCUT2D eigenvalue weighted by atomic mass is 10.3. The second-order valence-electron chi connectivity index (χ2n) is 4.86. The lowest BCUT2D eigenvalue weighted by Crippen LogP contribution is -2.16. The van der Waals surface area contributed by atoms with E-state index in [1.807, 2.05) is 24.0 Å². The fourth-order valence-corrected chi connectivity index (χ4v) is 2.10. The Balaban J connectivity index is 1.85. The van der Waals surface area contributed by atoms with E-state index in [2.05, 4.69) is 32.1 Å². The summed E-state index contributed by atoms with van der Waals surface area (Å²) in [7, 11) is 1.71. The van der Waals surface area contributed by atoms with Gasteiger partial charge in [0.15, 0.2) is 0 Å². The van der Waals surface area contributed by atoms with E-state index in [4.69, 9.17) is 4.74 Å². The van der Waals surface area contributed by atoms with Crippen LogP contribution in [0, 0.1) is 6.92 Å². The molecule has 20 heavy (non-hydrogen) atoms. The van der Waals surface area contributed by atoms with Crippen LogP contribution in [0.4, 0.5) is 5.95 Å². The largest absolute Gasteiger partial charge is 0.383 e. The Labute approximate surface area is 119 Å². The number of rotatable bonds is 8. The van der Waals surface area contributed by atoms with Crippen LogP contribution in [0.5, 0.6) is 0 Å². The van der Waals surface area contributed by atoms with Gasteiger partial charge in [-0.2, -0.15) is 0 Å². The van der Waals surface area contributed by atoms with Gasteiger partial charge < -0.3 is 14.6 Å². The molecular weight excluding hydrogens is 256 g/mol. The van der Waals surface area contributed by atoms with Crippen LogP contribution in [-0.2, 0) is 11.3 Å². The zero-order valence-electron chi connectivity index (χ0n) is 12.3. The summed E-state index contributed by atoms with van der Waals surface area (Å²) >= 11 is 0. The van der Waals surface area contributed by atoms with Crippen LogP contribution >= 0.6 is 0 Å². The molecular formula is C13H22N6O. The summed E-state index contributed by atoms with van der Waals surface area (Å²) in [5.74, 6) is 0.894. The van der Waals surface area contributed by atoms with Crippen molar-refractivity contribution in [1.29, 1.82) is 0 Å². The van der Waals surface area contributed by atoms with Crippen molar-refractivity contribution in [3.63, 3.8) is 0 Å². The molecule has 0 aliphatic heterocycles. The first-order valence-corrected chi connectivity index (χ1v) is 6.83. The summed E-state index contributed by atoms with van der Waals surface area (Å²) in [5.41, 5.74) is 1.01. The number of nitrogens with one attached hydrogen (secondary N) is 1. The zero-order chi connectivity index (χ0) is 14.4. The van der Waals surface area contributed by atoms with Crippen molar-refractivity contribution >= 4 is 5.95 Å². The summed E-state index contributed by atoms with van der Waals surface area (Å²) in [6.45, 7) is 6.47. The minimum atomic E-state index is 0.263. The summed E-state index contributed by atoms with van der Waals surface area (Å²) in [6.07, 6.45) is 6.57. The summed E-state index contributed by atoms with van der Waals surface area (Å²) in [5, 5.41) is 11.1. The molecule has 1 N–H and O–H groups in total. The van der Waals surface area contributed by atoms with E-state index in [9.17, 15) is 0 Å². The van der Waals surface area contributed by atoms with Crippen LogP contribution in [0.2, 0.25) is 0 Å². The third-order valence-corrected chi connectivity index (χ3v) is 3.05. The molecule has 0 aromatic carbocycles. The minimum Gasteiger partial charge on any atom is -0.383 e. The monoisotopic (exact) mass is 278 g/mol. The highest BCUT2D eigenvalue weighted by molar-refractivity contribution is 5.29. The highest BCUT2D eigenvalue weighted by Gasteiger charge is 2.11. The van der Waals surface area contributed by atoms with Crippen molar-refractivity contribution < 1.29 is 4.74 Å². The Kier molecular flexibility index (Phi) is 5.11. The first-order valence-electron chi connectivity index (χ1n) is 6.83. The topological polar surface area (TPSA) is 69.8 Å². The number of nitrogens with zero attached hydrogens (tertiary/aromatic N) is 5. The fourth-order valence-electron chi connectivity index (χ4n) is 2.10. The Morgan fingerprint density at radius 2 is 2.30 bits per heavy atom.